The number of ether oxygens (including phenoxy) is 1. The summed E-state index contributed by atoms with van der Waals surface area (Å²) in [5, 5.41) is 17.7. The predicted octanol–water partition coefficient (Wildman–Crippen LogP) is 5.20. The van der Waals surface area contributed by atoms with Crippen LogP contribution < -0.4 is 4.74 Å². The molecule has 0 saturated heterocycles. The summed E-state index contributed by atoms with van der Waals surface area (Å²) >= 11 is 6.84. The molecule has 8 heteroatoms. The van der Waals surface area contributed by atoms with E-state index in [9.17, 15) is 9.18 Å². The van der Waals surface area contributed by atoms with Gasteiger partial charge in [0.05, 0.1) is 27.2 Å². The van der Waals surface area contributed by atoms with Gasteiger partial charge in [0.15, 0.2) is 0 Å². The second-order valence-electron chi connectivity index (χ2n) is 4.85. The van der Waals surface area contributed by atoms with Gasteiger partial charge in [-0.2, -0.15) is 5.26 Å². The average molecular weight is 375 g/mol. The number of aromatic nitrogens is 1. The summed E-state index contributed by atoms with van der Waals surface area (Å²) in [6.07, 6.45) is -1.49. The van der Waals surface area contributed by atoms with Gasteiger partial charge in [-0.1, -0.05) is 35.1 Å². The zero-order valence-electron chi connectivity index (χ0n) is 12.4. The van der Waals surface area contributed by atoms with Gasteiger partial charge in [-0.3, -0.25) is 0 Å². The van der Waals surface area contributed by atoms with Crippen LogP contribution in [0.15, 0.2) is 42.5 Å². The molecule has 3 aromatic rings. The Kier molecular flexibility index (Phi) is 4.65. The van der Waals surface area contributed by atoms with Crippen LogP contribution in [-0.4, -0.2) is 16.2 Å². The van der Waals surface area contributed by atoms with Gasteiger partial charge >= 0.3 is 6.16 Å². The van der Waals surface area contributed by atoms with Crippen LogP contribution in [-0.2, 0) is 0 Å². The zero-order chi connectivity index (χ0) is 18.0. The van der Waals surface area contributed by atoms with E-state index in [1.54, 1.807) is 24.3 Å². The number of carbonyl (C=O) groups is 1. The fraction of sp³-hybridized carbons (Fsp3) is 0. The average Bonchev–Trinajstić information content (AvgIpc) is 3.00. The normalized spacial score (nSPS) is 10.3. The highest BCUT2D eigenvalue weighted by molar-refractivity contribution is 7.17. The molecule has 0 aliphatic heterocycles. The highest BCUT2D eigenvalue weighted by atomic mass is 35.5. The fourth-order valence-electron chi connectivity index (χ4n) is 2.18. The summed E-state index contributed by atoms with van der Waals surface area (Å²) in [6.45, 7) is 0. The number of halogens is 2. The van der Waals surface area contributed by atoms with Crippen LogP contribution in [0, 0.1) is 17.1 Å². The van der Waals surface area contributed by atoms with Crippen molar-refractivity contribution in [3.63, 3.8) is 0 Å². The van der Waals surface area contributed by atoms with Crippen molar-refractivity contribution in [1.29, 1.82) is 5.26 Å². The minimum Gasteiger partial charge on any atom is -0.449 e. The Bertz CT molecular complexity index is 1010. The maximum Gasteiger partial charge on any atom is 0.513 e. The molecule has 3 rings (SSSR count). The smallest absolute Gasteiger partial charge is 0.449 e. The summed E-state index contributed by atoms with van der Waals surface area (Å²) in [5.74, 6) is -0.573. The summed E-state index contributed by atoms with van der Waals surface area (Å²) in [4.78, 5) is 15.5. The third-order valence-electron chi connectivity index (χ3n) is 3.23. The SMILES string of the molecule is N#Cc1cccc(-c2sc(OC(=O)O)nc2-c2ccc(F)c(Cl)c2)c1. The molecule has 25 heavy (non-hydrogen) atoms. The van der Waals surface area contributed by atoms with E-state index in [2.05, 4.69) is 9.72 Å². The lowest BCUT2D eigenvalue weighted by atomic mass is 10.1. The van der Waals surface area contributed by atoms with E-state index in [0.29, 0.717) is 27.3 Å². The minimum absolute atomic E-state index is 0.0806. The fourth-order valence-corrected chi connectivity index (χ4v) is 3.29. The zero-order valence-corrected chi connectivity index (χ0v) is 13.9. The van der Waals surface area contributed by atoms with Crippen molar-refractivity contribution in [2.75, 3.05) is 0 Å². The molecule has 0 atom stereocenters. The quantitative estimate of drug-likeness (QED) is 0.637. The number of rotatable bonds is 3. The van der Waals surface area contributed by atoms with Crippen molar-refractivity contribution in [2.45, 2.75) is 0 Å². The van der Waals surface area contributed by atoms with Crippen molar-refractivity contribution in [2.24, 2.45) is 0 Å². The van der Waals surface area contributed by atoms with Gasteiger partial charge in [0.2, 0.25) is 0 Å². The summed E-state index contributed by atoms with van der Waals surface area (Å²) in [6, 6.07) is 12.9. The lowest BCUT2D eigenvalue weighted by molar-refractivity contribution is 0.144. The van der Waals surface area contributed by atoms with Gasteiger partial charge in [-0.15, -0.1) is 0 Å². The second-order valence-corrected chi connectivity index (χ2v) is 6.22. The van der Waals surface area contributed by atoms with Crippen LogP contribution in [0.25, 0.3) is 21.7 Å². The van der Waals surface area contributed by atoms with E-state index in [-0.39, 0.29) is 10.2 Å². The summed E-state index contributed by atoms with van der Waals surface area (Å²) in [7, 11) is 0. The molecule has 0 spiro atoms. The molecule has 1 heterocycles. The Labute approximate surface area is 150 Å². The van der Waals surface area contributed by atoms with E-state index < -0.39 is 12.0 Å². The molecule has 0 aliphatic carbocycles. The number of hydrogen-bond acceptors (Lipinski definition) is 5. The maximum absolute atomic E-state index is 13.4. The molecule has 2 aromatic carbocycles. The molecule has 0 saturated carbocycles. The van der Waals surface area contributed by atoms with Gasteiger partial charge in [0, 0.05) is 5.56 Å². The Balaban J connectivity index is 2.18. The maximum atomic E-state index is 13.4. The Morgan fingerprint density at radius 2 is 2.08 bits per heavy atom. The van der Waals surface area contributed by atoms with E-state index in [1.165, 1.54) is 18.2 Å². The van der Waals surface area contributed by atoms with Crippen LogP contribution in [0.4, 0.5) is 9.18 Å². The molecular weight excluding hydrogens is 367 g/mol. The minimum atomic E-state index is -1.49. The molecule has 0 amide bonds. The first kappa shape index (κ1) is 16.9. The van der Waals surface area contributed by atoms with Crippen molar-refractivity contribution in [1.82, 2.24) is 4.98 Å². The van der Waals surface area contributed by atoms with Gasteiger partial charge < -0.3 is 9.84 Å². The number of nitrogens with zero attached hydrogens (tertiary/aromatic N) is 2. The molecule has 0 fully saturated rings. The molecule has 1 N–H and O–H groups in total. The van der Waals surface area contributed by atoms with Gasteiger partial charge in [-0.25, -0.2) is 14.2 Å². The second kappa shape index (κ2) is 6.89. The lowest BCUT2D eigenvalue weighted by Gasteiger charge is -2.04. The number of benzene rings is 2. The van der Waals surface area contributed by atoms with E-state index in [1.807, 2.05) is 6.07 Å². The highest BCUT2D eigenvalue weighted by Crippen LogP contribution is 2.41. The van der Waals surface area contributed by atoms with Crippen molar-refractivity contribution >= 4 is 29.1 Å². The van der Waals surface area contributed by atoms with Crippen LogP contribution in [0.2, 0.25) is 5.02 Å². The van der Waals surface area contributed by atoms with Crippen LogP contribution in [0.5, 0.6) is 5.19 Å². The summed E-state index contributed by atoms with van der Waals surface area (Å²) in [5.41, 5.74) is 1.99. The highest BCUT2D eigenvalue weighted by Gasteiger charge is 2.18. The first-order chi connectivity index (χ1) is 12.0. The number of hydrogen-bond donors (Lipinski definition) is 1. The van der Waals surface area contributed by atoms with Gasteiger partial charge in [0.1, 0.15) is 5.82 Å². The molecule has 0 unspecified atom stereocenters. The largest absolute Gasteiger partial charge is 0.513 e. The summed E-state index contributed by atoms with van der Waals surface area (Å²) < 4.78 is 18.1. The van der Waals surface area contributed by atoms with Crippen molar-refractivity contribution in [3.8, 4) is 33.0 Å². The molecule has 0 bridgehead atoms. The Morgan fingerprint density at radius 1 is 1.28 bits per heavy atom. The molecule has 124 valence electrons. The third-order valence-corrected chi connectivity index (χ3v) is 4.50. The van der Waals surface area contributed by atoms with E-state index >= 15 is 0 Å². The van der Waals surface area contributed by atoms with Crippen molar-refractivity contribution in [3.05, 3.63) is 58.9 Å². The molecule has 0 radical (unpaired) electrons. The molecule has 0 aliphatic rings. The third kappa shape index (κ3) is 3.60. The molecular formula is C17H8ClFN2O3S. The number of carboxylic acid groups (broad SMARTS) is 1. The standard InChI is InChI=1S/C17H8ClFN2O3S/c18-12-7-10(4-5-13(12)19)14-15(25-16(21-14)24-17(22)23)11-3-1-2-9(6-11)8-20/h1-7H,(H,22,23). The first-order valence-electron chi connectivity index (χ1n) is 6.85. The number of thiazole rings is 1. The lowest BCUT2D eigenvalue weighted by Crippen LogP contribution is -2.02. The molecule has 1 aromatic heterocycles. The Morgan fingerprint density at radius 3 is 2.76 bits per heavy atom. The van der Waals surface area contributed by atoms with Crippen LogP contribution >= 0.6 is 22.9 Å². The van der Waals surface area contributed by atoms with Crippen molar-refractivity contribution < 1.29 is 19.0 Å². The predicted molar refractivity (Wildman–Crippen MR) is 91.3 cm³/mol. The van der Waals surface area contributed by atoms with Crippen LogP contribution in [0.3, 0.4) is 0 Å². The Hall–Kier alpha value is -2.95. The monoisotopic (exact) mass is 374 g/mol. The van der Waals surface area contributed by atoms with E-state index in [0.717, 1.165) is 11.3 Å². The molecule has 5 nitrogen and oxygen atoms in total. The van der Waals surface area contributed by atoms with Gasteiger partial charge in [-0.05, 0) is 35.9 Å². The van der Waals surface area contributed by atoms with Gasteiger partial charge in [0.25, 0.3) is 5.19 Å². The van der Waals surface area contributed by atoms with E-state index in [4.69, 9.17) is 22.0 Å². The number of nitriles is 1. The van der Waals surface area contributed by atoms with Crippen LogP contribution in [0.1, 0.15) is 5.56 Å². The first-order valence-corrected chi connectivity index (χ1v) is 8.05. The topological polar surface area (TPSA) is 83.2 Å².